The molecule has 1 N–H and O–H groups in total. The Morgan fingerprint density at radius 2 is 2.21 bits per heavy atom. The number of halogens is 1. The van der Waals surface area contributed by atoms with Crippen LogP contribution in [0.4, 0.5) is 5.00 Å². The van der Waals surface area contributed by atoms with Gasteiger partial charge in [0, 0.05) is 6.54 Å². The first-order valence-electron chi connectivity index (χ1n) is 8.32. The molecule has 144 valence electrons. The van der Waals surface area contributed by atoms with E-state index in [9.17, 15) is 4.79 Å². The number of nitriles is 1. The van der Waals surface area contributed by atoms with Crippen molar-refractivity contribution in [2.24, 2.45) is 0 Å². The van der Waals surface area contributed by atoms with E-state index in [-0.39, 0.29) is 18.3 Å². The van der Waals surface area contributed by atoms with Crippen molar-refractivity contribution in [3.8, 4) is 11.8 Å². The van der Waals surface area contributed by atoms with Gasteiger partial charge in [-0.2, -0.15) is 5.26 Å². The normalized spacial score (nSPS) is 10.5. The van der Waals surface area contributed by atoms with E-state index in [1.54, 1.807) is 23.6 Å². The van der Waals surface area contributed by atoms with Crippen molar-refractivity contribution < 1.29 is 9.53 Å². The molecule has 3 rings (SSSR count). The number of nitrogens with zero attached hydrogens (tertiary/aromatic N) is 4. The standard InChI is InChI=1S/C18H16ClN5O2S2/c1-2-24-15(10-26-14-6-4-3-5-13(14)19)22-23-18(24)28-11-16(25)21-17-12(9-20)7-8-27-17/h3-8H,2,10-11H2,1H3,(H,21,25). The number of aromatic nitrogens is 3. The minimum Gasteiger partial charge on any atom is -0.484 e. The maximum Gasteiger partial charge on any atom is 0.235 e. The SMILES string of the molecule is CCn1c(COc2ccccc2Cl)nnc1SCC(=O)Nc1sccc1C#N. The molecule has 0 aliphatic carbocycles. The fourth-order valence-corrected chi connectivity index (χ4v) is 4.11. The Balaban J connectivity index is 1.60. The minimum absolute atomic E-state index is 0.159. The third-order valence-electron chi connectivity index (χ3n) is 3.67. The minimum atomic E-state index is -0.205. The monoisotopic (exact) mass is 433 g/mol. The second-order valence-electron chi connectivity index (χ2n) is 5.47. The number of nitrogens with one attached hydrogen (secondary N) is 1. The molecular weight excluding hydrogens is 418 g/mol. The summed E-state index contributed by atoms with van der Waals surface area (Å²) < 4.78 is 7.62. The largest absolute Gasteiger partial charge is 0.484 e. The van der Waals surface area contributed by atoms with Gasteiger partial charge in [-0.3, -0.25) is 4.79 Å². The van der Waals surface area contributed by atoms with E-state index in [0.29, 0.717) is 38.9 Å². The van der Waals surface area contributed by atoms with Crippen LogP contribution in [0.5, 0.6) is 5.75 Å². The summed E-state index contributed by atoms with van der Waals surface area (Å²) in [5, 5.41) is 23.6. The summed E-state index contributed by atoms with van der Waals surface area (Å²) in [7, 11) is 0. The Kier molecular flexibility index (Phi) is 6.92. The number of rotatable bonds is 8. The van der Waals surface area contributed by atoms with Crippen LogP contribution in [0.1, 0.15) is 18.3 Å². The molecule has 0 spiro atoms. The van der Waals surface area contributed by atoms with Gasteiger partial charge in [0.1, 0.15) is 23.4 Å². The number of para-hydroxylation sites is 1. The number of ether oxygens (including phenoxy) is 1. The van der Waals surface area contributed by atoms with Crippen LogP contribution >= 0.6 is 34.7 Å². The number of anilines is 1. The van der Waals surface area contributed by atoms with Gasteiger partial charge in [-0.1, -0.05) is 35.5 Å². The Morgan fingerprint density at radius 3 is 2.96 bits per heavy atom. The molecule has 0 bridgehead atoms. The third-order valence-corrected chi connectivity index (χ3v) is 5.78. The predicted molar refractivity (Wildman–Crippen MR) is 110 cm³/mol. The highest BCUT2D eigenvalue weighted by atomic mass is 35.5. The van der Waals surface area contributed by atoms with Gasteiger partial charge < -0.3 is 14.6 Å². The van der Waals surface area contributed by atoms with Gasteiger partial charge in [-0.15, -0.1) is 21.5 Å². The van der Waals surface area contributed by atoms with Crippen molar-refractivity contribution in [2.75, 3.05) is 11.1 Å². The van der Waals surface area contributed by atoms with Crippen molar-refractivity contribution in [3.05, 3.63) is 52.1 Å². The molecule has 7 nitrogen and oxygen atoms in total. The van der Waals surface area contributed by atoms with Crippen LogP contribution in [0.25, 0.3) is 0 Å². The van der Waals surface area contributed by atoms with Crippen LogP contribution in [0, 0.1) is 11.3 Å². The molecule has 1 aromatic carbocycles. The molecule has 10 heteroatoms. The maximum absolute atomic E-state index is 12.2. The molecule has 0 atom stereocenters. The molecule has 0 aliphatic rings. The van der Waals surface area contributed by atoms with Gasteiger partial charge in [-0.25, -0.2) is 0 Å². The highest BCUT2D eigenvalue weighted by molar-refractivity contribution is 7.99. The van der Waals surface area contributed by atoms with E-state index in [1.807, 2.05) is 29.7 Å². The first-order valence-corrected chi connectivity index (χ1v) is 10.6. The van der Waals surface area contributed by atoms with Crippen LogP contribution in [0.3, 0.4) is 0 Å². The van der Waals surface area contributed by atoms with Gasteiger partial charge in [0.2, 0.25) is 5.91 Å². The fourth-order valence-electron chi connectivity index (χ4n) is 2.34. The predicted octanol–water partition coefficient (Wildman–Crippen LogP) is 4.19. The summed E-state index contributed by atoms with van der Waals surface area (Å²) in [5.41, 5.74) is 0.457. The smallest absolute Gasteiger partial charge is 0.235 e. The van der Waals surface area contributed by atoms with Gasteiger partial charge in [0.15, 0.2) is 11.0 Å². The summed E-state index contributed by atoms with van der Waals surface area (Å²) in [5.74, 6) is 1.18. The Hall–Kier alpha value is -2.54. The number of benzene rings is 1. The van der Waals surface area contributed by atoms with E-state index in [1.165, 1.54) is 23.1 Å². The van der Waals surface area contributed by atoms with Crippen LogP contribution in [-0.4, -0.2) is 26.4 Å². The maximum atomic E-state index is 12.2. The zero-order chi connectivity index (χ0) is 19.9. The molecule has 0 saturated carbocycles. The first-order chi connectivity index (χ1) is 13.6. The Bertz CT molecular complexity index is 1010. The molecule has 2 heterocycles. The molecule has 0 radical (unpaired) electrons. The molecule has 1 amide bonds. The van der Waals surface area contributed by atoms with Gasteiger partial charge in [0.05, 0.1) is 16.3 Å². The molecule has 0 fully saturated rings. The quantitative estimate of drug-likeness (QED) is 0.535. The first kappa shape index (κ1) is 20.2. The molecule has 0 aliphatic heterocycles. The van der Waals surface area contributed by atoms with E-state index in [0.717, 1.165) is 0 Å². The van der Waals surface area contributed by atoms with E-state index in [2.05, 4.69) is 15.5 Å². The van der Waals surface area contributed by atoms with Gasteiger partial charge in [-0.05, 0) is 30.5 Å². The summed E-state index contributed by atoms with van der Waals surface area (Å²) in [4.78, 5) is 12.2. The number of thioether (sulfide) groups is 1. The van der Waals surface area contributed by atoms with E-state index in [4.69, 9.17) is 21.6 Å². The average molecular weight is 434 g/mol. The summed E-state index contributed by atoms with van der Waals surface area (Å²) in [6.07, 6.45) is 0. The molecule has 0 saturated heterocycles. The van der Waals surface area contributed by atoms with Crippen LogP contribution in [0.15, 0.2) is 40.9 Å². The Labute approximate surface area is 175 Å². The van der Waals surface area contributed by atoms with Crippen molar-refractivity contribution >= 4 is 45.6 Å². The zero-order valence-corrected chi connectivity index (χ0v) is 17.3. The second kappa shape index (κ2) is 9.59. The second-order valence-corrected chi connectivity index (χ2v) is 7.74. The average Bonchev–Trinajstić information content (AvgIpc) is 3.31. The van der Waals surface area contributed by atoms with Crippen molar-refractivity contribution in [3.63, 3.8) is 0 Å². The van der Waals surface area contributed by atoms with Gasteiger partial charge in [0.25, 0.3) is 0 Å². The molecular formula is C18H16ClN5O2S2. The summed E-state index contributed by atoms with van der Waals surface area (Å²) in [6.45, 7) is 2.83. The number of hydrogen-bond donors (Lipinski definition) is 1. The van der Waals surface area contributed by atoms with E-state index < -0.39 is 0 Å². The molecule has 3 aromatic rings. The number of thiophene rings is 1. The topological polar surface area (TPSA) is 92.8 Å². The van der Waals surface area contributed by atoms with Crippen molar-refractivity contribution in [1.82, 2.24) is 14.8 Å². The number of hydrogen-bond acceptors (Lipinski definition) is 7. The summed E-state index contributed by atoms with van der Waals surface area (Å²) in [6, 6.07) is 10.9. The number of carbonyl (C=O) groups excluding carboxylic acids is 1. The Morgan fingerprint density at radius 1 is 1.39 bits per heavy atom. The van der Waals surface area contributed by atoms with Crippen molar-refractivity contribution in [1.29, 1.82) is 5.26 Å². The molecule has 2 aromatic heterocycles. The zero-order valence-electron chi connectivity index (χ0n) is 14.9. The summed E-state index contributed by atoms with van der Waals surface area (Å²) >= 11 is 8.69. The lowest BCUT2D eigenvalue weighted by atomic mass is 10.3. The number of carbonyl (C=O) groups is 1. The van der Waals surface area contributed by atoms with E-state index >= 15 is 0 Å². The molecule has 0 unspecified atom stereocenters. The third kappa shape index (κ3) is 4.84. The van der Waals surface area contributed by atoms with Crippen LogP contribution in [0.2, 0.25) is 5.02 Å². The van der Waals surface area contributed by atoms with Crippen LogP contribution < -0.4 is 10.1 Å². The van der Waals surface area contributed by atoms with Crippen LogP contribution in [-0.2, 0) is 17.9 Å². The molecule has 28 heavy (non-hydrogen) atoms. The van der Waals surface area contributed by atoms with Crippen molar-refractivity contribution in [2.45, 2.75) is 25.2 Å². The highest BCUT2D eigenvalue weighted by Crippen LogP contribution is 2.25. The lowest BCUT2D eigenvalue weighted by Crippen LogP contribution is -2.14. The highest BCUT2D eigenvalue weighted by Gasteiger charge is 2.15. The lowest BCUT2D eigenvalue weighted by Gasteiger charge is -2.09. The van der Waals surface area contributed by atoms with Gasteiger partial charge >= 0.3 is 0 Å². The fraction of sp³-hybridized carbons (Fsp3) is 0.222. The number of amides is 1. The lowest BCUT2D eigenvalue weighted by molar-refractivity contribution is -0.113.